The minimum absolute atomic E-state index is 0.0446. The SMILES string of the molecule is CO[C@H]1[C@H](C)C[C@H](c2ccncc2N)C[C@@H]1NC(=O)OC(C)(C)C. The van der Waals surface area contributed by atoms with Gasteiger partial charge < -0.3 is 20.5 Å². The molecule has 0 spiro atoms. The molecule has 1 aliphatic rings. The van der Waals surface area contributed by atoms with Crippen LogP contribution in [0.15, 0.2) is 18.5 Å². The van der Waals surface area contributed by atoms with Gasteiger partial charge in [0, 0.05) is 13.3 Å². The van der Waals surface area contributed by atoms with Crippen molar-refractivity contribution in [3.05, 3.63) is 24.0 Å². The molecule has 2 rings (SSSR count). The molecular weight excluding hydrogens is 306 g/mol. The van der Waals surface area contributed by atoms with Crippen molar-refractivity contribution in [1.82, 2.24) is 10.3 Å². The molecule has 0 aromatic carbocycles. The van der Waals surface area contributed by atoms with Crippen molar-refractivity contribution in [1.29, 1.82) is 0 Å². The Morgan fingerprint density at radius 3 is 2.67 bits per heavy atom. The lowest BCUT2D eigenvalue weighted by atomic mass is 9.74. The van der Waals surface area contributed by atoms with Gasteiger partial charge in [-0.05, 0) is 57.1 Å². The molecule has 0 radical (unpaired) electrons. The highest BCUT2D eigenvalue weighted by Gasteiger charge is 2.38. The van der Waals surface area contributed by atoms with E-state index in [0.717, 1.165) is 18.4 Å². The first-order chi connectivity index (χ1) is 11.2. The van der Waals surface area contributed by atoms with E-state index in [-0.39, 0.29) is 18.1 Å². The fourth-order valence-corrected chi connectivity index (χ4v) is 3.56. The number of nitrogens with one attached hydrogen (secondary N) is 1. The van der Waals surface area contributed by atoms with E-state index in [4.69, 9.17) is 15.2 Å². The van der Waals surface area contributed by atoms with E-state index in [9.17, 15) is 4.79 Å². The van der Waals surface area contributed by atoms with Crippen LogP contribution < -0.4 is 11.1 Å². The fraction of sp³-hybridized carbons (Fsp3) is 0.667. The number of alkyl carbamates (subject to hydrolysis) is 1. The summed E-state index contributed by atoms with van der Waals surface area (Å²) in [5.41, 5.74) is 7.34. The number of nitrogens with two attached hydrogens (primary N) is 1. The monoisotopic (exact) mass is 335 g/mol. The molecule has 1 amide bonds. The van der Waals surface area contributed by atoms with Crippen molar-refractivity contribution in [2.75, 3.05) is 12.8 Å². The normalized spacial score (nSPS) is 27.5. The number of carbonyl (C=O) groups is 1. The average Bonchev–Trinajstić information content (AvgIpc) is 2.45. The molecule has 0 saturated heterocycles. The zero-order chi connectivity index (χ0) is 17.9. The van der Waals surface area contributed by atoms with Gasteiger partial charge in [-0.15, -0.1) is 0 Å². The van der Waals surface area contributed by atoms with E-state index < -0.39 is 11.7 Å². The van der Waals surface area contributed by atoms with E-state index in [1.54, 1.807) is 19.5 Å². The summed E-state index contributed by atoms with van der Waals surface area (Å²) in [5.74, 6) is 0.551. The molecule has 1 heterocycles. The first-order valence-corrected chi connectivity index (χ1v) is 8.43. The number of nitrogen functional groups attached to an aromatic ring is 1. The van der Waals surface area contributed by atoms with Crippen molar-refractivity contribution in [3.8, 4) is 0 Å². The number of hydrogen-bond donors (Lipinski definition) is 2. The number of pyridine rings is 1. The molecule has 0 bridgehead atoms. The van der Waals surface area contributed by atoms with Crippen LogP contribution in [0.3, 0.4) is 0 Å². The molecule has 0 aliphatic heterocycles. The van der Waals surface area contributed by atoms with Crippen LogP contribution >= 0.6 is 0 Å². The zero-order valence-corrected chi connectivity index (χ0v) is 15.2. The van der Waals surface area contributed by atoms with Crippen molar-refractivity contribution in [2.45, 2.75) is 64.2 Å². The summed E-state index contributed by atoms with van der Waals surface area (Å²) in [6.07, 6.45) is 4.70. The van der Waals surface area contributed by atoms with Crippen LogP contribution in [-0.2, 0) is 9.47 Å². The maximum atomic E-state index is 12.2. The third-order valence-electron chi connectivity index (χ3n) is 4.45. The number of amides is 1. The Bertz CT molecular complexity index is 571. The number of hydrogen-bond acceptors (Lipinski definition) is 5. The molecule has 6 heteroatoms. The molecule has 1 aromatic rings. The fourth-order valence-electron chi connectivity index (χ4n) is 3.56. The van der Waals surface area contributed by atoms with Gasteiger partial charge in [0.1, 0.15) is 5.60 Å². The molecule has 1 aromatic heterocycles. The average molecular weight is 335 g/mol. The van der Waals surface area contributed by atoms with Gasteiger partial charge in [0.15, 0.2) is 0 Å². The minimum atomic E-state index is -0.526. The Morgan fingerprint density at radius 1 is 1.38 bits per heavy atom. The van der Waals surface area contributed by atoms with Gasteiger partial charge in [0.05, 0.1) is 24.0 Å². The number of anilines is 1. The molecule has 1 saturated carbocycles. The molecule has 1 fully saturated rings. The summed E-state index contributed by atoms with van der Waals surface area (Å²) in [7, 11) is 1.69. The van der Waals surface area contributed by atoms with Crippen molar-refractivity contribution >= 4 is 11.8 Å². The first-order valence-electron chi connectivity index (χ1n) is 8.43. The standard InChI is InChI=1S/C18H29N3O3/c1-11-8-12(13-6-7-20-10-14(13)19)9-15(16(11)23-5)21-17(22)24-18(2,3)4/h6-7,10-12,15-16H,8-9,19H2,1-5H3,(H,21,22)/t11-,12+,15+,16+/m1/s1. The van der Waals surface area contributed by atoms with Crippen LogP contribution in [0.4, 0.5) is 10.5 Å². The zero-order valence-electron chi connectivity index (χ0n) is 15.2. The number of rotatable bonds is 3. The number of carbonyl (C=O) groups excluding carboxylic acids is 1. The van der Waals surface area contributed by atoms with Crippen molar-refractivity contribution in [2.24, 2.45) is 5.92 Å². The van der Waals surface area contributed by atoms with Gasteiger partial charge in [-0.1, -0.05) is 6.92 Å². The second-order valence-corrected chi connectivity index (χ2v) is 7.60. The third kappa shape index (κ3) is 4.60. The summed E-state index contributed by atoms with van der Waals surface area (Å²) in [6, 6.07) is 1.84. The van der Waals surface area contributed by atoms with Gasteiger partial charge in [-0.3, -0.25) is 4.98 Å². The minimum Gasteiger partial charge on any atom is -0.444 e. The summed E-state index contributed by atoms with van der Waals surface area (Å²) in [4.78, 5) is 16.2. The molecular formula is C18H29N3O3. The summed E-state index contributed by atoms with van der Waals surface area (Å²) >= 11 is 0. The second-order valence-electron chi connectivity index (χ2n) is 7.60. The van der Waals surface area contributed by atoms with Crippen molar-refractivity contribution in [3.63, 3.8) is 0 Å². The molecule has 134 valence electrons. The predicted octanol–water partition coefficient (Wildman–Crippen LogP) is 3.09. The highest BCUT2D eigenvalue weighted by Crippen LogP contribution is 2.39. The molecule has 0 unspecified atom stereocenters. The predicted molar refractivity (Wildman–Crippen MR) is 93.7 cm³/mol. The van der Waals surface area contributed by atoms with Crippen LogP contribution in [0, 0.1) is 5.92 Å². The Balaban J connectivity index is 2.15. The summed E-state index contributed by atoms with van der Waals surface area (Å²) in [5, 5.41) is 2.98. The maximum Gasteiger partial charge on any atom is 0.407 e. The van der Waals surface area contributed by atoms with Crippen molar-refractivity contribution < 1.29 is 14.3 Å². The van der Waals surface area contributed by atoms with E-state index in [0.29, 0.717) is 11.6 Å². The Labute approximate surface area is 144 Å². The van der Waals surface area contributed by atoms with E-state index in [2.05, 4.69) is 17.2 Å². The lowest BCUT2D eigenvalue weighted by Crippen LogP contribution is -2.51. The van der Waals surface area contributed by atoms with E-state index in [1.165, 1.54) is 0 Å². The Morgan fingerprint density at radius 2 is 2.08 bits per heavy atom. The van der Waals surface area contributed by atoms with Crippen LogP contribution in [-0.4, -0.2) is 35.9 Å². The maximum absolute atomic E-state index is 12.2. The number of aromatic nitrogens is 1. The Hall–Kier alpha value is -1.82. The molecule has 6 nitrogen and oxygen atoms in total. The number of ether oxygens (including phenoxy) is 2. The van der Waals surface area contributed by atoms with Gasteiger partial charge >= 0.3 is 6.09 Å². The second kappa shape index (κ2) is 7.38. The Kier molecular flexibility index (Phi) is 5.70. The summed E-state index contributed by atoms with van der Waals surface area (Å²) in [6.45, 7) is 7.69. The molecule has 4 atom stereocenters. The topological polar surface area (TPSA) is 86.5 Å². The summed E-state index contributed by atoms with van der Waals surface area (Å²) < 4.78 is 11.0. The van der Waals surface area contributed by atoms with Crippen LogP contribution in [0.2, 0.25) is 0 Å². The molecule has 24 heavy (non-hydrogen) atoms. The highest BCUT2D eigenvalue weighted by atomic mass is 16.6. The van der Waals surface area contributed by atoms with Gasteiger partial charge in [0.2, 0.25) is 0 Å². The van der Waals surface area contributed by atoms with Crippen LogP contribution in [0.1, 0.15) is 52.0 Å². The van der Waals surface area contributed by atoms with Crippen LogP contribution in [0.25, 0.3) is 0 Å². The van der Waals surface area contributed by atoms with E-state index >= 15 is 0 Å². The molecule has 1 aliphatic carbocycles. The first kappa shape index (κ1) is 18.5. The van der Waals surface area contributed by atoms with Crippen LogP contribution in [0.5, 0.6) is 0 Å². The lowest BCUT2D eigenvalue weighted by Gasteiger charge is -2.40. The third-order valence-corrected chi connectivity index (χ3v) is 4.45. The number of nitrogens with zero attached hydrogens (tertiary/aromatic N) is 1. The number of methoxy groups -OCH3 is 1. The van der Waals surface area contributed by atoms with Gasteiger partial charge in [-0.2, -0.15) is 0 Å². The lowest BCUT2D eigenvalue weighted by molar-refractivity contribution is -0.00868. The largest absolute Gasteiger partial charge is 0.444 e. The van der Waals surface area contributed by atoms with Gasteiger partial charge in [-0.25, -0.2) is 4.79 Å². The smallest absolute Gasteiger partial charge is 0.407 e. The van der Waals surface area contributed by atoms with Gasteiger partial charge in [0.25, 0.3) is 0 Å². The van der Waals surface area contributed by atoms with E-state index in [1.807, 2.05) is 26.8 Å². The highest BCUT2D eigenvalue weighted by molar-refractivity contribution is 5.68. The molecule has 3 N–H and O–H groups in total. The quantitative estimate of drug-likeness (QED) is 0.886.